The molecule has 0 fully saturated rings. The number of imide groups is 1. The first-order valence-electron chi connectivity index (χ1n) is 8.89. The highest BCUT2D eigenvalue weighted by Crippen LogP contribution is 2.23. The lowest BCUT2D eigenvalue weighted by atomic mass is 9.90. The molecule has 2 amide bonds. The average molecular weight is 349 g/mol. The molecule has 1 aliphatic heterocycles. The predicted molar refractivity (Wildman–Crippen MR) is 95.2 cm³/mol. The summed E-state index contributed by atoms with van der Waals surface area (Å²) in [6.07, 6.45) is 4.39. The number of esters is 1. The van der Waals surface area contributed by atoms with Crippen molar-refractivity contribution < 1.29 is 19.1 Å². The van der Waals surface area contributed by atoms with E-state index in [2.05, 4.69) is 0 Å². The number of amides is 2. The van der Waals surface area contributed by atoms with Crippen LogP contribution in [0.5, 0.6) is 0 Å². The molecule has 0 atom stereocenters. The molecule has 0 saturated carbocycles. The molecule has 1 aliphatic carbocycles. The van der Waals surface area contributed by atoms with Crippen LogP contribution in [0.3, 0.4) is 0 Å². The highest BCUT2D eigenvalue weighted by Gasteiger charge is 2.34. The molecular formula is C21H19NO4. The van der Waals surface area contributed by atoms with Crippen molar-refractivity contribution in [1.82, 2.24) is 4.90 Å². The van der Waals surface area contributed by atoms with Crippen LogP contribution in [0, 0.1) is 0 Å². The van der Waals surface area contributed by atoms with Crippen LogP contribution >= 0.6 is 0 Å². The number of rotatable bonds is 4. The first kappa shape index (κ1) is 16.5. The summed E-state index contributed by atoms with van der Waals surface area (Å²) in [6, 6.07) is 12.4. The van der Waals surface area contributed by atoms with Gasteiger partial charge in [0.05, 0.1) is 23.2 Å². The maximum absolute atomic E-state index is 12.3. The number of fused-ring (bicyclic) bond motifs is 2. The van der Waals surface area contributed by atoms with Crippen molar-refractivity contribution in [3.05, 3.63) is 70.3 Å². The molecule has 4 rings (SSSR count). The quantitative estimate of drug-likeness (QED) is 0.629. The zero-order valence-corrected chi connectivity index (χ0v) is 14.4. The topological polar surface area (TPSA) is 63.7 Å². The summed E-state index contributed by atoms with van der Waals surface area (Å²) in [6.45, 7) is 0.0460. The largest absolute Gasteiger partial charge is 0.460 e. The van der Waals surface area contributed by atoms with Crippen LogP contribution in [-0.4, -0.2) is 35.8 Å². The molecular weight excluding hydrogens is 330 g/mol. The van der Waals surface area contributed by atoms with Crippen LogP contribution < -0.4 is 0 Å². The number of carbonyl (C=O) groups is 3. The summed E-state index contributed by atoms with van der Waals surface area (Å²) in [7, 11) is 0. The zero-order valence-electron chi connectivity index (χ0n) is 14.4. The van der Waals surface area contributed by atoms with Gasteiger partial charge < -0.3 is 4.74 Å². The molecule has 5 nitrogen and oxygen atoms in total. The summed E-state index contributed by atoms with van der Waals surface area (Å²) in [5.74, 6) is -1.10. The Morgan fingerprint density at radius 2 is 1.58 bits per heavy atom. The van der Waals surface area contributed by atoms with Crippen molar-refractivity contribution in [2.45, 2.75) is 25.7 Å². The molecule has 0 N–H and O–H groups in total. The minimum atomic E-state index is -0.421. The third kappa shape index (κ3) is 2.90. The van der Waals surface area contributed by atoms with Crippen LogP contribution in [-0.2, 0) is 17.6 Å². The molecule has 0 radical (unpaired) electrons. The van der Waals surface area contributed by atoms with E-state index in [1.54, 1.807) is 30.3 Å². The Kier molecular flexibility index (Phi) is 4.29. The second-order valence-electron chi connectivity index (χ2n) is 6.63. The van der Waals surface area contributed by atoms with Crippen molar-refractivity contribution >= 4 is 17.8 Å². The molecule has 0 unspecified atom stereocenters. The van der Waals surface area contributed by atoms with Gasteiger partial charge in [-0.3, -0.25) is 14.5 Å². The van der Waals surface area contributed by atoms with E-state index in [1.165, 1.54) is 17.5 Å². The first-order valence-corrected chi connectivity index (χ1v) is 8.89. The van der Waals surface area contributed by atoms with Gasteiger partial charge in [0.25, 0.3) is 11.8 Å². The molecule has 0 bridgehead atoms. The average Bonchev–Trinajstić information content (AvgIpc) is 2.92. The Morgan fingerprint density at radius 3 is 2.27 bits per heavy atom. The van der Waals surface area contributed by atoms with E-state index in [0.717, 1.165) is 24.2 Å². The summed E-state index contributed by atoms with van der Waals surface area (Å²) < 4.78 is 5.29. The molecule has 132 valence electrons. The lowest BCUT2D eigenvalue weighted by molar-refractivity contribution is 0.0420. The normalized spacial score (nSPS) is 15.6. The monoisotopic (exact) mass is 349 g/mol. The van der Waals surface area contributed by atoms with E-state index in [9.17, 15) is 14.4 Å². The molecule has 0 aromatic heterocycles. The Balaban J connectivity index is 1.37. The van der Waals surface area contributed by atoms with Crippen LogP contribution in [0.15, 0.2) is 42.5 Å². The minimum absolute atomic E-state index is 0.0125. The van der Waals surface area contributed by atoms with E-state index in [4.69, 9.17) is 4.74 Å². The van der Waals surface area contributed by atoms with Gasteiger partial charge in [0.2, 0.25) is 0 Å². The van der Waals surface area contributed by atoms with Crippen molar-refractivity contribution in [2.24, 2.45) is 0 Å². The molecule has 0 saturated heterocycles. The minimum Gasteiger partial charge on any atom is -0.460 e. The molecule has 26 heavy (non-hydrogen) atoms. The van der Waals surface area contributed by atoms with Gasteiger partial charge in [0.1, 0.15) is 6.61 Å². The lowest BCUT2D eigenvalue weighted by Gasteiger charge is -2.17. The van der Waals surface area contributed by atoms with Gasteiger partial charge >= 0.3 is 5.97 Å². The molecule has 2 aromatic rings. The fourth-order valence-corrected chi connectivity index (χ4v) is 3.62. The number of hydrogen-bond acceptors (Lipinski definition) is 4. The summed E-state index contributed by atoms with van der Waals surface area (Å²) in [4.78, 5) is 38.0. The summed E-state index contributed by atoms with van der Waals surface area (Å²) >= 11 is 0. The molecule has 2 aliphatic rings. The third-order valence-electron chi connectivity index (χ3n) is 5.01. The Bertz CT molecular complexity index is 868. The van der Waals surface area contributed by atoms with E-state index in [1.807, 2.05) is 12.1 Å². The van der Waals surface area contributed by atoms with Gasteiger partial charge in [-0.05, 0) is 61.1 Å². The number of ether oxygens (including phenoxy) is 1. The van der Waals surface area contributed by atoms with Crippen molar-refractivity contribution in [1.29, 1.82) is 0 Å². The Labute approximate surface area is 151 Å². The van der Waals surface area contributed by atoms with Crippen molar-refractivity contribution in [3.8, 4) is 0 Å². The highest BCUT2D eigenvalue weighted by atomic mass is 16.5. The molecule has 2 aromatic carbocycles. The summed E-state index contributed by atoms with van der Waals surface area (Å²) in [5.41, 5.74) is 3.84. The number of nitrogens with zero attached hydrogens (tertiary/aromatic N) is 1. The zero-order chi connectivity index (χ0) is 18.1. The standard InChI is InChI=1S/C21H19NO4/c23-19-17-7-3-4-8-18(17)20(24)22(19)11-12-26-21(25)16-10-9-14-5-1-2-6-15(14)13-16/h3-4,7-10,13H,1-2,5-6,11-12H2. The smallest absolute Gasteiger partial charge is 0.338 e. The van der Waals surface area contributed by atoms with Crippen LogP contribution in [0.25, 0.3) is 0 Å². The van der Waals surface area contributed by atoms with Crippen LogP contribution in [0.4, 0.5) is 0 Å². The summed E-state index contributed by atoms with van der Waals surface area (Å²) in [5, 5.41) is 0. The second kappa shape index (κ2) is 6.75. The first-order chi connectivity index (χ1) is 12.6. The van der Waals surface area contributed by atoms with E-state index >= 15 is 0 Å². The Morgan fingerprint density at radius 1 is 0.923 bits per heavy atom. The van der Waals surface area contributed by atoms with Gasteiger partial charge in [-0.2, -0.15) is 0 Å². The maximum Gasteiger partial charge on any atom is 0.338 e. The molecule has 5 heteroatoms. The van der Waals surface area contributed by atoms with Crippen LogP contribution in [0.1, 0.15) is 55.0 Å². The van der Waals surface area contributed by atoms with E-state index < -0.39 is 5.97 Å². The highest BCUT2D eigenvalue weighted by molar-refractivity contribution is 6.21. The molecule has 1 heterocycles. The number of hydrogen-bond donors (Lipinski definition) is 0. The van der Waals surface area contributed by atoms with E-state index in [0.29, 0.717) is 16.7 Å². The number of benzene rings is 2. The predicted octanol–water partition coefficient (Wildman–Crippen LogP) is 3.02. The second-order valence-corrected chi connectivity index (χ2v) is 6.63. The molecule has 0 spiro atoms. The van der Waals surface area contributed by atoms with Gasteiger partial charge in [0, 0.05) is 0 Å². The number of carbonyl (C=O) groups excluding carboxylic acids is 3. The van der Waals surface area contributed by atoms with Crippen molar-refractivity contribution in [3.63, 3.8) is 0 Å². The van der Waals surface area contributed by atoms with Crippen LogP contribution in [0.2, 0.25) is 0 Å². The van der Waals surface area contributed by atoms with Gasteiger partial charge in [-0.15, -0.1) is 0 Å². The fourth-order valence-electron chi connectivity index (χ4n) is 3.62. The van der Waals surface area contributed by atoms with Gasteiger partial charge in [-0.1, -0.05) is 18.2 Å². The number of aryl methyl sites for hydroxylation is 2. The maximum atomic E-state index is 12.3. The SMILES string of the molecule is O=C(OCCN1C(=O)c2ccccc2C1=O)c1ccc2c(c1)CCCC2. The third-order valence-corrected chi connectivity index (χ3v) is 5.01. The lowest BCUT2D eigenvalue weighted by Crippen LogP contribution is -2.33. The van der Waals surface area contributed by atoms with Gasteiger partial charge in [-0.25, -0.2) is 4.79 Å². The Hall–Kier alpha value is -2.95. The van der Waals surface area contributed by atoms with Gasteiger partial charge in [0.15, 0.2) is 0 Å². The van der Waals surface area contributed by atoms with E-state index in [-0.39, 0.29) is 25.0 Å². The fraction of sp³-hybridized carbons (Fsp3) is 0.286. The van der Waals surface area contributed by atoms with Crippen molar-refractivity contribution in [2.75, 3.05) is 13.2 Å².